The number of amides is 2. The van der Waals surface area contributed by atoms with E-state index in [1.807, 2.05) is 12.1 Å². The highest BCUT2D eigenvalue weighted by atomic mass is 16.3. The quantitative estimate of drug-likeness (QED) is 0.745. The van der Waals surface area contributed by atoms with Gasteiger partial charge >= 0.3 is 0 Å². The average molecular weight is 356 g/mol. The number of carbonyl (C=O) groups excluding carboxylic acids is 2. The molecule has 3 rings (SSSR count). The van der Waals surface area contributed by atoms with Gasteiger partial charge in [-0.25, -0.2) is 4.98 Å². The Morgan fingerprint density at radius 3 is 2.69 bits per heavy atom. The van der Waals surface area contributed by atoms with Crippen LogP contribution in [0.25, 0.3) is 0 Å². The molecule has 0 aliphatic carbocycles. The van der Waals surface area contributed by atoms with Crippen molar-refractivity contribution in [2.45, 2.75) is 32.1 Å². The summed E-state index contributed by atoms with van der Waals surface area (Å²) in [6.45, 7) is 2.50. The van der Waals surface area contributed by atoms with Gasteiger partial charge < -0.3 is 20.0 Å². The second-order valence-corrected chi connectivity index (χ2v) is 6.34. The van der Waals surface area contributed by atoms with Crippen LogP contribution in [0.3, 0.4) is 0 Å². The first-order chi connectivity index (χ1) is 12.7. The van der Waals surface area contributed by atoms with Crippen LogP contribution in [0.5, 0.6) is 0 Å². The second kappa shape index (κ2) is 9.03. The van der Waals surface area contributed by atoms with E-state index in [4.69, 9.17) is 4.42 Å². The van der Waals surface area contributed by atoms with E-state index in [1.165, 1.54) is 25.5 Å². The number of nitrogens with zero attached hydrogens (tertiary/aromatic N) is 2. The fourth-order valence-corrected chi connectivity index (χ4v) is 2.94. The van der Waals surface area contributed by atoms with Gasteiger partial charge in [0.15, 0.2) is 5.76 Å². The van der Waals surface area contributed by atoms with E-state index in [9.17, 15) is 9.59 Å². The van der Waals surface area contributed by atoms with Gasteiger partial charge in [0, 0.05) is 26.1 Å². The average Bonchev–Trinajstić information content (AvgIpc) is 3.21. The SMILES string of the molecule is O=C(CCCNC(=O)c1ccco1)Nc1ccc(N2CCCCC2)nc1. The van der Waals surface area contributed by atoms with Crippen LogP contribution in [0.4, 0.5) is 11.5 Å². The molecule has 0 atom stereocenters. The first-order valence-electron chi connectivity index (χ1n) is 9.05. The molecule has 1 aliphatic heterocycles. The van der Waals surface area contributed by atoms with Gasteiger partial charge in [0.1, 0.15) is 5.82 Å². The summed E-state index contributed by atoms with van der Waals surface area (Å²) in [4.78, 5) is 30.4. The smallest absolute Gasteiger partial charge is 0.286 e. The lowest BCUT2D eigenvalue weighted by Gasteiger charge is -2.27. The molecule has 0 aromatic carbocycles. The van der Waals surface area contributed by atoms with Crippen LogP contribution in [0.15, 0.2) is 41.1 Å². The van der Waals surface area contributed by atoms with Crippen molar-refractivity contribution in [1.82, 2.24) is 10.3 Å². The summed E-state index contributed by atoms with van der Waals surface area (Å²) in [5, 5.41) is 5.55. The number of piperidine rings is 1. The van der Waals surface area contributed by atoms with E-state index in [1.54, 1.807) is 18.3 Å². The third-order valence-corrected chi connectivity index (χ3v) is 4.32. The van der Waals surface area contributed by atoms with Gasteiger partial charge in [-0.15, -0.1) is 0 Å². The minimum Gasteiger partial charge on any atom is -0.459 e. The molecule has 26 heavy (non-hydrogen) atoms. The first kappa shape index (κ1) is 18.0. The molecule has 0 bridgehead atoms. The number of nitrogens with one attached hydrogen (secondary N) is 2. The predicted molar refractivity (Wildman–Crippen MR) is 99.2 cm³/mol. The highest BCUT2D eigenvalue weighted by Gasteiger charge is 2.12. The van der Waals surface area contributed by atoms with Crippen molar-refractivity contribution < 1.29 is 14.0 Å². The molecular formula is C19H24N4O3. The number of anilines is 2. The normalized spacial score (nSPS) is 14.1. The van der Waals surface area contributed by atoms with Crippen LogP contribution in [0.1, 0.15) is 42.7 Å². The minimum absolute atomic E-state index is 0.0928. The van der Waals surface area contributed by atoms with Gasteiger partial charge in [0.05, 0.1) is 18.1 Å². The number of rotatable bonds is 7. The molecule has 2 amide bonds. The van der Waals surface area contributed by atoms with Crippen molar-refractivity contribution in [3.05, 3.63) is 42.5 Å². The molecule has 2 aromatic heterocycles. The molecular weight excluding hydrogens is 332 g/mol. The monoisotopic (exact) mass is 356 g/mol. The highest BCUT2D eigenvalue weighted by molar-refractivity contribution is 5.92. The number of hydrogen-bond donors (Lipinski definition) is 2. The molecule has 7 heteroatoms. The number of carbonyl (C=O) groups is 2. The van der Waals surface area contributed by atoms with Crippen LogP contribution >= 0.6 is 0 Å². The summed E-state index contributed by atoms with van der Waals surface area (Å²) in [7, 11) is 0. The summed E-state index contributed by atoms with van der Waals surface area (Å²) in [6, 6.07) is 7.09. The molecule has 1 aliphatic rings. The Morgan fingerprint density at radius 2 is 2.00 bits per heavy atom. The van der Waals surface area contributed by atoms with Crippen LogP contribution < -0.4 is 15.5 Å². The Hall–Kier alpha value is -2.83. The molecule has 2 N–H and O–H groups in total. The molecule has 1 saturated heterocycles. The summed E-state index contributed by atoms with van der Waals surface area (Å²) >= 11 is 0. The van der Waals surface area contributed by atoms with Crippen LogP contribution in [-0.2, 0) is 4.79 Å². The summed E-state index contributed by atoms with van der Waals surface area (Å²) < 4.78 is 5.00. The first-order valence-corrected chi connectivity index (χ1v) is 9.05. The van der Waals surface area contributed by atoms with Crippen molar-refractivity contribution >= 4 is 23.3 Å². The van der Waals surface area contributed by atoms with Gasteiger partial charge in [-0.2, -0.15) is 0 Å². The summed E-state index contributed by atoms with van der Waals surface area (Å²) in [6.07, 6.45) is 7.72. The van der Waals surface area contributed by atoms with Gasteiger partial charge in [-0.05, 0) is 49.9 Å². The molecule has 1 fully saturated rings. The fraction of sp³-hybridized carbons (Fsp3) is 0.421. The predicted octanol–water partition coefficient (Wildman–Crippen LogP) is 2.81. The zero-order chi connectivity index (χ0) is 18.2. The zero-order valence-corrected chi connectivity index (χ0v) is 14.7. The van der Waals surface area contributed by atoms with Crippen molar-refractivity contribution in [3.8, 4) is 0 Å². The fourth-order valence-electron chi connectivity index (χ4n) is 2.94. The Bertz CT molecular complexity index is 707. The van der Waals surface area contributed by atoms with Crippen molar-refractivity contribution in [3.63, 3.8) is 0 Å². The van der Waals surface area contributed by atoms with Crippen molar-refractivity contribution in [1.29, 1.82) is 0 Å². The van der Waals surface area contributed by atoms with Gasteiger partial charge in [0.2, 0.25) is 5.91 Å². The molecule has 0 radical (unpaired) electrons. The van der Waals surface area contributed by atoms with E-state index in [0.29, 0.717) is 25.1 Å². The van der Waals surface area contributed by atoms with E-state index >= 15 is 0 Å². The van der Waals surface area contributed by atoms with Gasteiger partial charge in [-0.1, -0.05) is 0 Å². The van der Waals surface area contributed by atoms with E-state index in [0.717, 1.165) is 18.9 Å². The maximum absolute atomic E-state index is 12.0. The summed E-state index contributed by atoms with van der Waals surface area (Å²) in [5.41, 5.74) is 0.690. The molecule has 0 unspecified atom stereocenters. The van der Waals surface area contributed by atoms with Gasteiger partial charge in [-0.3, -0.25) is 9.59 Å². The van der Waals surface area contributed by atoms with Crippen LogP contribution in [-0.4, -0.2) is 36.4 Å². The lowest BCUT2D eigenvalue weighted by molar-refractivity contribution is -0.116. The van der Waals surface area contributed by atoms with E-state index < -0.39 is 0 Å². The maximum atomic E-state index is 12.0. The third-order valence-electron chi connectivity index (χ3n) is 4.32. The van der Waals surface area contributed by atoms with E-state index in [-0.39, 0.29) is 17.6 Å². The number of hydrogen-bond acceptors (Lipinski definition) is 5. The van der Waals surface area contributed by atoms with Crippen molar-refractivity contribution in [2.24, 2.45) is 0 Å². The summed E-state index contributed by atoms with van der Waals surface area (Å²) in [5.74, 6) is 0.871. The Morgan fingerprint density at radius 1 is 1.15 bits per heavy atom. The maximum Gasteiger partial charge on any atom is 0.286 e. The lowest BCUT2D eigenvalue weighted by Crippen LogP contribution is -2.30. The van der Waals surface area contributed by atoms with Crippen molar-refractivity contribution in [2.75, 3.05) is 29.9 Å². The largest absolute Gasteiger partial charge is 0.459 e. The molecule has 138 valence electrons. The van der Waals surface area contributed by atoms with Crippen LogP contribution in [0.2, 0.25) is 0 Å². The standard InChI is InChI=1S/C19H24N4O3/c24-18(7-4-10-20-19(25)16-6-5-13-26-16)22-15-8-9-17(21-14-15)23-11-2-1-3-12-23/h5-6,8-9,13-14H,1-4,7,10-12H2,(H,20,25)(H,22,24). The third kappa shape index (κ3) is 5.08. The Kier molecular flexibility index (Phi) is 6.24. The topological polar surface area (TPSA) is 87.5 Å². The lowest BCUT2D eigenvalue weighted by atomic mass is 10.1. The minimum atomic E-state index is -0.270. The number of aromatic nitrogens is 1. The van der Waals surface area contributed by atoms with E-state index in [2.05, 4.69) is 20.5 Å². The van der Waals surface area contributed by atoms with Gasteiger partial charge in [0.25, 0.3) is 5.91 Å². The Labute approximate surface area is 152 Å². The number of furan rings is 1. The molecule has 2 aromatic rings. The Balaban J connectivity index is 1.37. The number of pyridine rings is 1. The zero-order valence-electron chi connectivity index (χ0n) is 14.7. The highest BCUT2D eigenvalue weighted by Crippen LogP contribution is 2.19. The van der Waals surface area contributed by atoms with Crippen LogP contribution in [0, 0.1) is 0 Å². The second-order valence-electron chi connectivity index (χ2n) is 6.34. The molecule has 0 saturated carbocycles. The molecule has 3 heterocycles. The molecule has 7 nitrogen and oxygen atoms in total. The molecule has 0 spiro atoms.